The van der Waals surface area contributed by atoms with E-state index in [0.717, 1.165) is 30.6 Å². The van der Waals surface area contributed by atoms with Crippen molar-refractivity contribution in [3.63, 3.8) is 0 Å². The molecule has 0 bridgehead atoms. The fourth-order valence-electron chi connectivity index (χ4n) is 6.37. The Hall–Kier alpha value is -2.86. The molecule has 0 aliphatic heterocycles. The number of hydrogen-bond acceptors (Lipinski definition) is 3. The zero-order valence-electron chi connectivity index (χ0n) is 20.3. The first-order valence-corrected chi connectivity index (χ1v) is 12.7. The quantitative estimate of drug-likeness (QED) is 0.385. The summed E-state index contributed by atoms with van der Waals surface area (Å²) >= 11 is 0. The second-order valence-corrected chi connectivity index (χ2v) is 10.6. The number of aryl methyl sites for hydroxylation is 1. The molecule has 6 heteroatoms. The standard InChI is InChI=1S/C30H32F3NO2/c31-30(32,33)15-13-28(35)12-14-29(18-22-5-2-1-3-6-22)25(19-28)9-8-24-17-26(10-11-27(24)29)36-21-23-7-4-16-34-20-23/h1-7,10-11,16-17,20,25,35H,8-9,12-15,18-19,21H2. The van der Waals surface area contributed by atoms with Crippen LogP contribution in [0.15, 0.2) is 73.1 Å². The molecule has 36 heavy (non-hydrogen) atoms. The highest BCUT2D eigenvalue weighted by Crippen LogP contribution is 2.55. The van der Waals surface area contributed by atoms with Gasteiger partial charge in [-0.3, -0.25) is 4.98 Å². The monoisotopic (exact) mass is 495 g/mol. The van der Waals surface area contributed by atoms with Crippen LogP contribution < -0.4 is 4.74 Å². The molecule has 0 spiro atoms. The number of alkyl halides is 3. The predicted octanol–water partition coefficient (Wildman–Crippen LogP) is 6.96. The van der Waals surface area contributed by atoms with Crippen LogP contribution in [0.2, 0.25) is 0 Å². The molecule has 1 aromatic heterocycles. The topological polar surface area (TPSA) is 42.4 Å². The second-order valence-electron chi connectivity index (χ2n) is 10.6. The zero-order valence-corrected chi connectivity index (χ0v) is 20.3. The summed E-state index contributed by atoms with van der Waals surface area (Å²) in [6.45, 7) is 0.441. The minimum atomic E-state index is -4.25. The van der Waals surface area contributed by atoms with Gasteiger partial charge in [-0.2, -0.15) is 13.2 Å². The van der Waals surface area contributed by atoms with E-state index in [1.165, 1.54) is 16.7 Å². The SMILES string of the molecule is OC1(CCC(F)(F)F)CCC2(Cc3ccccc3)c3ccc(OCc4cccnc4)cc3CCC2C1. The molecule has 2 aromatic carbocycles. The van der Waals surface area contributed by atoms with Crippen LogP contribution in [0.4, 0.5) is 13.2 Å². The summed E-state index contributed by atoms with van der Waals surface area (Å²) < 4.78 is 44.9. The van der Waals surface area contributed by atoms with Gasteiger partial charge in [-0.15, -0.1) is 0 Å². The van der Waals surface area contributed by atoms with Crippen molar-refractivity contribution in [3.05, 3.63) is 95.3 Å². The molecular formula is C30H32F3NO2. The smallest absolute Gasteiger partial charge is 0.389 e. The largest absolute Gasteiger partial charge is 0.489 e. The molecule has 1 heterocycles. The van der Waals surface area contributed by atoms with Gasteiger partial charge in [-0.1, -0.05) is 42.5 Å². The Morgan fingerprint density at radius 1 is 1.00 bits per heavy atom. The third-order valence-corrected chi connectivity index (χ3v) is 8.18. The summed E-state index contributed by atoms with van der Waals surface area (Å²) in [7, 11) is 0. The van der Waals surface area contributed by atoms with E-state index in [-0.39, 0.29) is 17.8 Å². The first kappa shape index (κ1) is 24.8. The average molecular weight is 496 g/mol. The number of halogens is 3. The maximum Gasteiger partial charge on any atom is 0.389 e. The Bertz CT molecular complexity index is 1170. The van der Waals surface area contributed by atoms with Crippen molar-refractivity contribution in [1.82, 2.24) is 4.98 Å². The van der Waals surface area contributed by atoms with Crippen molar-refractivity contribution in [2.75, 3.05) is 0 Å². The number of nitrogens with zero attached hydrogens (tertiary/aromatic N) is 1. The summed E-state index contributed by atoms with van der Waals surface area (Å²) in [5, 5.41) is 11.2. The Morgan fingerprint density at radius 2 is 1.81 bits per heavy atom. The Morgan fingerprint density at radius 3 is 2.56 bits per heavy atom. The van der Waals surface area contributed by atoms with E-state index in [1.54, 1.807) is 12.4 Å². The van der Waals surface area contributed by atoms with Crippen LogP contribution in [0.25, 0.3) is 0 Å². The number of benzene rings is 2. The molecule has 3 aromatic rings. The average Bonchev–Trinajstić information content (AvgIpc) is 2.87. The number of hydrogen-bond donors (Lipinski definition) is 1. The van der Waals surface area contributed by atoms with Gasteiger partial charge in [0.15, 0.2) is 0 Å². The van der Waals surface area contributed by atoms with Crippen molar-refractivity contribution >= 4 is 0 Å². The molecule has 2 aliphatic rings. The number of rotatable bonds is 7. The molecule has 1 fully saturated rings. The van der Waals surface area contributed by atoms with E-state index in [0.29, 0.717) is 25.9 Å². The minimum absolute atomic E-state index is 0.124. The lowest BCUT2D eigenvalue weighted by molar-refractivity contribution is -0.153. The van der Waals surface area contributed by atoms with E-state index < -0.39 is 18.2 Å². The molecule has 0 amide bonds. The van der Waals surface area contributed by atoms with Crippen LogP contribution >= 0.6 is 0 Å². The molecule has 3 atom stereocenters. The lowest BCUT2D eigenvalue weighted by Crippen LogP contribution is -2.51. The normalized spacial score (nSPS) is 25.6. The summed E-state index contributed by atoms with van der Waals surface area (Å²) in [5.41, 5.74) is 3.25. The van der Waals surface area contributed by atoms with E-state index in [4.69, 9.17) is 4.74 Å². The van der Waals surface area contributed by atoms with E-state index in [2.05, 4.69) is 29.2 Å². The number of pyridine rings is 1. The summed E-state index contributed by atoms with van der Waals surface area (Å²) in [4.78, 5) is 4.14. The lowest BCUT2D eigenvalue weighted by Gasteiger charge is -2.53. The van der Waals surface area contributed by atoms with Crippen molar-refractivity contribution in [1.29, 1.82) is 0 Å². The van der Waals surface area contributed by atoms with Gasteiger partial charge < -0.3 is 9.84 Å². The van der Waals surface area contributed by atoms with Crippen LogP contribution in [-0.2, 0) is 24.9 Å². The van der Waals surface area contributed by atoms with Crippen LogP contribution in [-0.4, -0.2) is 21.9 Å². The Kier molecular flexibility index (Phi) is 6.82. The van der Waals surface area contributed by atoms with Crippen LogP contribution in [0.1, 0.15) is 60.8 Å². The summed E-state index contributed by atoms with van der Waals surface area (Å²) in [6, 6.07) is 20.5. The zero-order chi connectivity index (χ0) is 25.2. The summed E-state index contributed by atoms with van der Waals surface area (Å²) in [6.07, 6.45) is 2.08. The highest BCUT2D eigenvalue weighted by Gasteiger charge is 2.52. The highest BCUT2D eigenvalue weighted by molar-refractivity contribution is 5.45. The van der Waals surface area contributed by atoms with Gasteiger partial charge in [0.1, 0.15) is 12.4 Å². The molecule has 5 rings (SSSR count). The van der Waals surface area contributed by atoms with Gasteiger partial charge in [-0.05, 0) is 85.8 Å². The van der Waals surface area contributed by atoms with Crippen molar-refractivity contribution in [2.24, 2.45) is 5.92 Å². The summed E-state index contributed by atoms with van der Waals surface area (Å²) in [5.74, 6) is 0.933. The lowest BCUT2D eigenvalue weighted by atomic mass is 9.52. The van der Waals surface area contributed by atoms with Crippen LogP contribution in [0.5, 0.6) is 5.75 Å². The highest BCUT2D eigenvalue weighted by atomic mass is 19.4. The number of fused-ring (bicyclic) bond motifs is 3. The molecule has 190 valence electrons. The molecule has 0 radical (unpaired) electrons. The van der Waals surface area contributed by atoms with Crippen molar-refractivity contribution in [3.8, 4) is 5.75 Å². The van der Waals surface area contributed by atoms with E-state index >= 15 is 0 Å². The van der Waals surface area contributed by atoms with Gasteiger partial charge in [0.2, 0.25) is 0 Å². The molecule has 1 saturated carbocycles. The molecule has 0 saturated heterocycles. The third kappa shape index (κ3) is 5.44. The third-order valence-electron chi connectivity index (χ3n) is 8.18. The van der Waals surface area contributed by atoms with Gasteiger partial charge in [0, 0.05) is 29.8 Å². The molecular weight excluding hydrogens is 463 g/mol. The number of aliphatic hydroxyl groups is 1. The van der Waals surface area contributed by atoms with Gasteiger partial charge in [0.05, 0.1) is 5.60 Å². The molecule has 3 nitrogen and oxygen atoms in total. The number of ether oxygens (including phenoxy) is 1. The number of aromatic nitrogens is 1. The van der Waals surface area contributed by atoms with Gasteiger partial charge in [0.25, 0.3) is 0 Å². The van der Waals surface area contributed by atoms with Gasteiger partial charge in [-0.25, -0.2) is 0 Å². The molecule has 2 aliphatic carbocycles. The van der Waals surface area contributed by atoms with Crippen molar-refractivity contribution < 1.29 is 23.0 Å². The Balaban J connectivity index is 1.42. The van der Waals surface area contributed by atoms with Crippen LogP contribution in [0, 0.1) is 5.92 Å². The van der Waals surface area contributed by atoms with E-state index in [9.17, 15) is 18.3 Å². The maximum atomic E-state index is 13.0. The fraction of sp³-hybridized carbons (Fsp3) is 0.433. The van der Waals surface area contributed by atoms with Crippen LogP contribution in [0.3, 0.4) is 0 Å². The van der Waals surface area contributed by atoms with E-state index in [1.807, 2.05) is 36.4 Å². The molecule has 1 N–H and O–H groups in total. The molecule has 3 unspecified atom stereocenters. The fourth-order valence-corrected chi connectivity index (χ4v) is 6.37. The first-order valence-electron chi connectivity index (χ1n) is 12.7. The second kappa shape index (κ2) is 9.89. The minimum Gasteiger partial charge on any atom is -0.489 e. The first-order chi connectivity index (χ1) is 17.2. The maximum absolute atomic E-state index is 13.0. The van der Waals surface area contributed by atoms with Crippen molar-refractivity contribution in [2.45, 2.75) is 75.2 Å². The predicted molar refractivity (Wildman–Crippen MR) is 133 cm³/mol. The Labute approximate surface area is 210 Å². The van der Waals surface area contributed by atoms with Gasteiger partial charge >= 0.3 is 6.18 Å².